The standard InChI is InChI=1S/C9H21N3/c1-8(10-5)12-11-7-6-9(2,3)4/h11H,6-7H2,1-5H3,(H,10,12). The van der Waals surface area contributed by atoms with Crippen LogP contribution in [0.3, 0.4) is 0 Å². The molecule has 0 aliphatic rings. The van der Waals surface area contributed by atoms with Gasteiger partial charge in [0.15, 0.2) is 0 Å². The highest BCUT2D eigenvalue weighted by Gasteiger charge is 2.08. The minimum absolute atomic E-state index is 0.395. The van der Waals surface area contributed by atoms with E-state index in [-0.39, 0.29) is 0 Å². The molecule has 0 aromatic rings. The average Bonchev–Trinajstić information content (AvgIpc) is 1.96. The smallest absolute Gasteiger partial charge is 0.107 e. The minimum atomic E-state index is 0.395. The molecule has 0 radical (unpaired) electrons. The van der Waals surface area contributed by atoms with Crippen LogP contribution in [0.25, 0.3) is 0 Å². The second kappa shape index (κ2) is 5.14. The fourth-order valence-electron chi connectivity index (χ4n) is 0.684. The number of nitrogens with one attached hydrogen (secondary N) is 2. The highest BCUT2D eigenvalue weighted by atomic mass is 15.4. The summed E-state index contributed by atoms with van der Waals surface area (Å²) < 4.78 is 0. The van der Waals surface area contributed by atoms with E-state index in [9.17, 15) is 0 Å². The summed E-state index contributed by atoms with van der Waals surface area (Å²) in [7, 11) is 1.77. The van der Waals surface area contributed by atoms with Gasteiger partial charge in [0.25, 0.3) is 0 Å². The molecule has 0 amide bonds. The minimum Gasteiger partial charge on any atom is -0.310 e. The van der Waals surface area contributed by atoms with Gasteiger partial charge in [0.2, 0.25) is 0 Å². The summed E-state index contributed by atoms with van der Waals surface area (Å²) in [6.07, 6.45) is 1.15. The first-order valence-electron chi connectivity index (χ1n) is 4.38. The van der Waals surface area contributed by atoms with Crippen molar-refractivity contribution in [3.63, 3.8) is 0 Å². The number of amidine groups is 1. The third-order valence-electron chi connectivity index (χ3n) is 1.60. The zero-order chi connectivity index (χ0) is 9.61. The van der Waals surface area contributed by atoms with Crippen LogP contribution in [0.15, 0.2) is 4.99 Å². The number of aliphatic imine (C=N–C) groups is 1. The second-order valence-corrected chi connectivity index (χ2v) is 4.17. The van der Waals surface area contributed by atoms with Crippen LogP contribution in [0.2, 0.25) is 0 Å². The van der Waals surface area contributed by atoms with Crippen molar-refractivity contribution >= 4 is 5.84 Å². The van der Waals surface area contributed by atoms with Crippen molar-refractivity contribution in [3.05, 3.63) is 0 Å². The first-order chi connectivity index (χ1) is 5.45. The maximum Gasteiger partial charge on any atom is 0.107 e. The normalized spacial score (nSPS) is 13.2. The van der Waals surface area contributed by atoms with E-state index in [1.54, 1.807) is 7.05 Å². The van der Waals surface area contributed by atoms with Crippen LogP contribution >= 0.6 is 0 Å². The highest BCUT2D eigenvalue weighted by Crippen LogP contribution is 2.16. The molecule has 0 unspecified atom stereocenters. The number of hydrazine groups is 1. The van der Waals surface area contributed by atoms with Crippen molar-refractivity contribution in [3.8, 4) is 0 Å². The second-order valence-electron chi connectivity index (χ2n) is 4.17. The lowest BCUT2D eigenvalue weighted by molar-refractivity contribution is 0.363. The van der Waals surface area contributed by atoms with E-state index in [1.807, 2.05) is 6.92 Å². The monoisotopic (exact) mass is 171 g/mol. The fraction of sp³-hybridized carbons (Fsp3) is 0.889. The molecular formula is C9H21N3. The van der Waals surface area contributed by atoms with Crippen LogP contribution < -0.4 is 10.9 Å². The van der Waals surface area contributed by atoms with Gasteiger partial charge in [0.1, 0.15) is 5.84 Å². The van der Waals surface area contributed by atoms with E-state index in [0.717, 1.165) is 18.8 Å². The number of nitrogens with zero attached hydrogens (tertiary/aromatic N) is 1. The SMILES string of the molecule is CN=C(C)NNCCC(C)(C)C. The van der Waals surface area contributed by atoms with Gasteiger partial charge < -0.3 is 5.43 Å². The molecule has 0 bridgehead atoms. The molecule has 0 spiro atoms. The molecule has 72 valence electrons. The van der Waals surface area contributed by atoms with Crippen molar-refractivity contribution in [2.45, 2.75) is 34.1 Å². The van der Waals surface area contributed by atoms with Crippen LogP contribution in [0.5, 0.6) is 0 Å². The van der Waals surface area contributed by atoms with Gasteiger partial charge in [-0.2, -0.15) is 0 Å². The lowest BCUT2D eigenvalue weighted by Crippen LogP contribution is -2.37. The fourth-order valence-corrected chi connectivity index (χ4v) is 0.684. The Morgan fingerprint density at radius 1 is 1.33 bits per heavy atom. The molecule has 12 heavy (non-hydrogen) atoms. The Morgan fingerprint density at radius 3 is 2.33 bits per heavy atom. The molecule has 3 heteroatoms. The third-order valence-corrected chi connectivity index (χ3v) is 1.60. The summed E-state index contributed by atoms with van der Waals surface area (Å²) in [4.78, 5) is 3.97. The van der Waals surface area contributed by atoms with Gasteiger partial charge in [-0.15, -0.1) is 0 Å². The summed E-state index contributed by atoms with van der Waals surface area (Å²) in [5, 5.41) is 0. The molecule has 3 nitrogen and oxygen atoms in total. The van der Waals surface area contributed by atoms with E-state index in [4.69, 9.17) is 0 Å². The summed E-state index contributed by atoms with van der Waals surface area (Å²) in [6, 6.07) is 0. The van der Waals surface area contributed by atoms with Crippen LogP contribution in [0, 0.1) is 5.41 Å². The predicted octanol–water partition coefficient (Wildman–Crippen LogP) is 1.56. The largest absolute Gasteiger partial charge is 0.310 e. The molecule has 2 N–H and O–H groups in total. The van der Waals surface area contributed by atoms with E-state index in [2.05, 4.69) is 36.6 Å². The Labute approximate surface area is 75.6 Å². The Kier molecular flexibility index (Phi) is 4.90. The molecule has 0 heterocycles. The van der Waals surface area contributed by atoms with E-state index < -0.39 is 0 Å². The number of hydrogen-bond acceptors (Lipinski definition) is 2. The van der Waals surface area contributed by atoms with Crippen molar-refractivity contribution in [1.82, 2.24) is 10.9 Å². The molecule has 0 rings (SSSR count). The molecule has 0 atom stereocenters. The molecule has 0 saturated carbocycles. The molecule has 0 aromatic carbocycles. The quantitative estimate of drug-likeness (QED) is 0.293. The van der Waals surface area contributed by atoms with Gasteiger partial charge in [-0.25, -0.2) is 5.43 Å². The molecule has 0 aliphatic carbocycles. The van der Waals surface area contributed by atoms with Crippen LogP contribution in [-0.4, -0.2) is 19.4 Å². The van der Waals surface area contributed by atoms with Gasteiger partial charge in [0, 0.05) is 13.6 Å². The zero-order valence-electron chi connectivity index (χ0n) is 8.86. The number of rotatable bonds is 3. The summed E-state index contributed by atoms with van der Waals surface area (Å²) in [6.45, 7) is 9.60. The van der Waals surface area contributed by atoms with E-state index in [1.165, 1.54) is 0 Å². The van der Waals surface area contributed by atoms with Gasteiger partial charge in [-0.3, -0.25) is 4.99 Å². The van der Waals surface area contributed by atoms with Gasteiger partial charge in [-0.05, 0) is 18.8 Å². The van der Waals surface area contributed by atoms with Gasteiger partial charge >= 0.3 is 0 Å². The Balaban J connectivity index is 3.34. The lowest BCUT2D eigenvalue weighted by atomic mass is 9.93. The first kappa shape index (κ1) is 11.4. The number of hydrogen-bond donors (Lipinski definition) is 2. The molecule has 0 aromatic heterocycles. The third kappa shape index (κ3) is 7.54. The van der Waals surface area contributed by atoms with Crippen LogP contribution in [0.1, 0.15) is 34.1 Å². The molecular weight excluding hydrogens is 150 g/mol. The zero-order valence-corrected chi connectivity index (χ0v) is 8.86. The van der Waals surface area contributed by atoms with Crippen LogP contribution in [0.4, 0.5) is 0 Å². The lowest BCUT2D eigenvalue weighted by Gasteiger charge is -2.18. The molecule has 0 saturated heterocycles. The Hall–Kier alpha value is -0.570. The summed E-state index contributed by atoms with van der Waals surface area (Å²) in [5.41, 5.74) is 6.51. The summed E-state index contributed by atoms with van der Waals surface area (Å²) >= 11 is 0. The van der Waals surface area contributed by atoms with Crippen molar-refractivity contribution in [1.29, 1.82) is 0 Å². The first-order valence-corrected chi connectivity index (χ1v) is 4.38. The van der Waals surface area contributed by atoms with Crippen molar-refractivity contribution in [2.75, 3.05) is 13.6 Å². The molecule has 0 fully saturated rings. The molecule has 0 aliphatic heterocycles. The maximum absolute atomic E-state index is 3.97. The Bertz CT molecular complexity index is 144. The summed E-state index contributed by atoms with van der Waals surface area (Å²) in [5.74, 6) is 0.920. The highest BCUT2D eigenvalue weighted by molar-refractivity contribution is 5.78. The Morgan fingerprint density at radius 2 is 1.92 bits per heavy atom. The van der Waals surface area contributed by atoms with Gasteiger partial charge in [-0.1, -0.05) is 20.8 Å². The van der Waals surface area contributed by atoms with Crippen molar-refractivity contribution in [2.24, 2.45) is 10.4 Å². The predicted molar refractivity (Wildman–Crippen MR) is 54.2 cm³/mol. The van der Waals surface area contributed by atoms with E-state index in [0.29, 0.717) is 5.41 Å². The maximum atomic E-state index is 3.97. The van der Waals surface area contributed by atoms with Crippen LogP contribution in [-0.2, 0) is 0 Å². The van der Waals surface area contributed by atoms with Gasteiger partial charge in [0.05, 0.1) is 0 Å². The topological polar surface area (TPSA) is 36.4 Å². The van der Waals surface area contributed by atoms with E-state index >= 15 is 0 Å². The average molecular weight is 171 g/mol. The van der Waals surface area contributed by atoms with Crippen molar-refractivity contribution < 1.29 is 0 Å².